The van der Waals surface area contributed by atoms with Crippen LogP contribution in [0.3, 0.4) is 0 Å². The van der Waals surface area contributed by atoms with Crippen LogP contribution in [0, 0.1) is 0 Å². The number of rotatable bonds is 4. The Morgan fingerprint density at radius 2 is 2.18 bits per heavy atom. The van der Waals surface area contributed by atoms with Gasteiger partial charge in [0.2, 0.25) is 0 Å². The molecule has 0 saturated heterocycles. The maximum atomic E-state index is 5.57. The molecule has 1 fully saturated rings. The van der Waals surface area contributed by atoms with Gasteiger partial charge < -0.3 is 14.5 Å². The molecule has 0 aromatic carbocycles. The van der Waals surface area contributed by atoms with Crippen molar-refractivity contribution in [2.75, 3.05) is 7.11 Å². The molecule has 0 spiro atoms. The van der Waals surface area contributed by atoms with Crippen LogP contribution in [0.5, 0.6) is 0 Å². The summed E-state index contributed by atoms with van der Waals surface area (Å²) in [5.41, 5.74) is 1.21. The van der Waals surface area contributed by atoms with E-state index in [-0.39, 0.29) is 12.4 Å². The predicted molar refractivity (Wildman–Crippen MR) is 70.5 cm³/mol. The number of halogens is 1. The van der Waals surface area contributed by atoms with Gasteiger partial charge in [-0.3, -0.25) is 0 Å². The van der Waals surface area contributed by atoms with E-state index in [0.717, 1.165) is 6.54 Å². The Labute approximate surface area is 109 Å². The zero-order chi connectivity index (χ0) is 11.2. The quantitative estimate of drug-likeness (QED) is 0.844. The summed E-state index contributed by atoms with van der Waals surface area (Å²) in [4.78, 5) is 0. The smallest absolute Gasteiger partial charge is 0.0947 e. The van der Waals surface area contributed by atoms with E-state index in [2.05, 4.69) is 5.32 Å². The van der Waals surface area contributed by atoms with Crippen molar-refractivity contribution in [1.82, 2.24) is 5.32 Å². The normalized spacial score (nSPS) is 25.0. The lowest BCUT2D eigenvalue weighted by atomic mass is 10.1. The molecule has 98 valence electrons. The molecule has 0 radical (unpaired) electrons. The highest BCUT2D eigenvalue weighted by Gasteiger charge is 2.22. The van der Waals surface area contributed by atoms with E-state index in [1.165, 1.54) is 37.7 Å². The highest BCUT2D eigenvalue weighted by atomic mass is 35.5. The summed E-state index contributed by atoms with van der Waals surface area (Å²) in [5, 5.41) is 3.58. The van der Waals surface area contributed by atoms with Crippen LogP contribution in [0.4, 0.5) is 0 Å². The van der Waals surface area contributed by atoms with E-state index in [9.17, 15) is 0 Å². The molecule has 17 heavy (non-hydrogen) atoms. The summed E-state index contributed by atoms with van der Waals surface area (Å²) in [6.45, 7) is 0.876. The SMILES string of the molecule is COC1CCCCCC1NCc1ccoc1.Cl. The second-order valence-corrected chi connectivity index (χ2v) is 4.53. The van der Waals surface area contributed by atoms with E-state index in [4.69, 9.17) is 9.15 Å². The molecule has 2 unspecified atom stereocenters. The van der Waals surface area contributed by atoms with Crippen LogP contribution in [0.2, 0.25) is 0 Å². The molecule has 3 nitrogen and oxygen atoms in total. The Kier molecular flexibility index (Phi) is 6.63. The fourth-order valence-electron chi connectivity index (χ4n) is 2.43. The topological polar surface area (TPSA) is 34.4 Å². The summed E-state index contributed by atoms with van der Waals surface area (Å²) in [5.74, 6) is 0. The molecular formula is C13H22ClNO2. The molecule has 1 aromatic heterocycles. The third-order valence-electron chi connectivity index (χ3n) is 3.40. The van der Waals surface area contributed by atoms with Gasteiger partial charge in [0, 0.05) is 25.3 Å². The summed E-state index contributed by atoms with van der Waals surface area (Å²) in [6, 6.07) is 2.49. The van der Waals surface area contributed by atoms with Gasteiger partial charge in [0.1, 0.15) is 0 Å². The second-order valence-electron chi connectivity index (χ2n) is 4.53. The maximum Gasteiger partial charge on any atom is 0.0947 e. The fourth-order valence-corrected chi connectivity index (χ4v) is 2.43. The van der Waals surface area contributed by atoms with Gasteiger partial charge in [-0.05, 0) is 18.9 Å². The molecule has 1 aromatic rings. The van der Waals surface area contributed by atoms with Crippen LogP contribution in [0.1, 0.15) is 37.7 Å². The summed E-state index contributed by atoms with van der Waals surface area (Å²) in [6.07, 6.45) is 10.2. The third-order valence-corrected chi connectivity index (χ3v) is 3.40. The van der Waals surface area contributed by atoms with E-state index < -0.39 is 0 Å². The van der Waals surface area contributed by atoms with Crippen LogP contribution < -0.4 is 5.32 Å². The van der Waals surface area contributed by atoms with E-state index in [1.54, 1.807) is 12.5 Å². The number of nitrogens with one attached hydrogen (secondary N) is 1. The van der Waals surface area contributed by atoms with Gasteiger partial charge in [0.15, 0.2) is 0 Å². The number of methoxy groups -OCH3 is 1. The largest absolute Gasteiger partial charge is 0.472 e. The van der Waals surface area contributed by atoms with Gasteiger partial charge in [-0.1, -0.05) is 19.3 Å². The molecule has 0 aliphatic heterocycles. The Morgan fingerprint density at radius 1 is 1.35 bits per heavy atom. The van der Waals surface area contributed by atoms with Crippen LogP contribution in [-0.4, -0.2) is 19.3 Å². The number of ether oxygens (including phenoxy) is 1. The van der Waals surface area contributed by atoms with Crippen LogP contribution in [0.15, 0.2) is 23.0 Å². The van der Waals surface area contributed by atoms with Gasteiger partial charge in [-0.25, -0.2) is 0 Å². The lowest BCUT2D eigenvalue weighted by Gasteiger charge is -2.24. The second kappa shape index (κ2) is 7.75. The Hall–Kier alpha value is -0.510. The van der Waals surface area contributed by atoms with Gasteiger partial charge in [-0.15, -0.1) is 12.4 Å². The molecular weight excluding hydrogens is 238 g/mol. The first kappa shape index (κ1) is 14.6. The molecule has 1 heterocycles. The average molecular weight is 260 g/mol. The summed E-state index contributed by atoms with van der Waals surface area (Å²) < 4.78 is 10.6. The molecule has 0 amide bonds. The van der Waals surface area contributed by atoms with E-state index in [1.807, 2.05) is 13.2 Å². The summed E-state index contributed by atoms with van der Waals surface area (Å²) >= 11 is 0. The third kappa shape index (κ3) is 4.34. The van der Waals surface area contributed by atoms with Crippen molar-refractivity contribution in [1.29, 1.82) is 0 Å². The molecule has 1 aliphatic carbocycles. The van der Waals surface area contributed by atoms with Crippen LogP contribution in [0.25, 0.3) is 0 Å². The molecule has 1 N–H and O–H groups in total. The van der Waals surface area contributed by atoms with Crippen LogP contribution >= 0.6 is 12.4 Å². The lowest BCUT2D eigenvalue weighted by Crippen LogP contribution is -2.39. The lowest BCUT2D eigenvalue weighted by molar-refractivity contribution is 0.0625. The maximum absolute atomic E-state index is 5.57. The highest BCUT2D eigenvalue weighted by Crippen LogP contribution is 2.20. The minimum absolute atomic E-state index is 0. The Bertz CT molecular complexity index is 290. The van der Waals surface area contributed by atoms with Crippen molar-refractivity contribution in [2.45, 2.75) is 50.8 Å². The molecule has 1 saturated carbocycles. The van der Waals surface area contributed by atoms with Crippen molar-refractivity contribution in [2.24, 2.45) is 0 Å². The van der Waals surface area contributed by atoms with Gasteiger partial charge in [0.25, 0.3) is 0 Å². The van der Waals surface area contributed by atoms with Crippen molar-refractivity contribution in [3.63, 3.8) is 0 Å². The zero-order valence-electron chi connectivity index (χ0n) is 10.4. The van der Waals surface area contributed by atoms with E-state index >= 15 is 0 Å². The van der Waals surface area contributed by atoms with Gasteiger partial charge in [-0.2, -0.15) is 0 Å². The van der Waals surface area contributed by atoms with Gasteiger partial charge in [0.05, 0.1) is 18.6 Å². The molecule has 1 aliphatic rings. The molecule has 4 heteroatoms. The number of furan rings is 1. The van der Waals surface area contributed by atoms with Gasteiger partial charge >= 0.3 is 0 Å². The molecule has 0 bridgehead atoms. The Morgan fingerprint density at radius 3 is 2.88 bits per heavy atom. The van der Waals surface area contributed by atoms with E-state index in [0.29, 0.717) is 12.1 Å². The first-order valence-corrected chi connectivity index (χ1v) is 6.17. The monoisotopic (exact) mass is 259 g/mol. The first-order chi connectivity index (χ1) is 7.90. The molecule has 2 atom stereocenters. The standard InChI is InChI=1S/C13H21NO2.ClH/c1-15-13-6-4-2-3-5-12(13)14-9-11-7-8-16-10-11;/h7-8,10,12-14H,2-6,9H2,1H3;1H. The number of hydrogen-bond acceptors (Lipinski definition) is 3. The summed E-state index contributed by atoms with van der Waals surface area (Å²) in [7, 11) is 1.82. The van der Waals surface area contributed by atoms with Crippen LogP contribution in [-0.2, 0) is 11.3 Å². The van der Waals surface area contributed by atoms with Crippen molar-refractivity contribution >= 4 is 12.4 Å². The Balaban J connectivity index is 0.00000144. The number of hydrogen-bond donors (Lipinski definition) is 1. The first-order valence-electron chi connectivity index (χ1n) is 6.17. The fraction of sp³-hybridized carbons (Fsp3) is 0.692. The van der Waals surface area contributed by atoms with Crippen molar-refractivity contribution in [3.8, 4) is 0 Å². The minimum Gasteiger partial charge on any atom is -0.472 e. The van der Waals surface area contributed by atoms with Crippen molar-refractivity contribution in [3.05, 3.63) is 24.2 Å². The minimum atomic E-state index is 0. The predicted octanol–water partition coefficient (Wildman–Crippen LogP) is 3.14. The van der Waals surface area contributed by atoms with Crippen molar-refractivity contribution < 1.29 is 9.15 Å². The molecule has 2 rings (SSSR count). The average Bonchev–Trinajstić information content (AvgIpc) is 2.71. The highest BCUT2D eigenvalue weighted by molar-refractivity contribution is 5.85. The zero-order valence-corrected chi connectivity index (χ0v) is 11.2.